The summed E-state index contributed by atoms with van der Waals surface area (Å²) in [4.78, 5) is 0. The molecule has 1 aliphatic heterocycles. The Morgan fingerprint density at radius 3 is 1.29 bits per heavy atom. The van der Waals surface area contributed by atoms with Gasteiger partial charge in [-0.1, -0.05) is 0 Å². The van der Waals surface area contributed by atoms with E-state index in [1.807, 2.05) is 0 Å². The highest BCUT2D eigenvalue weighted by Gasteiger charge is 2.61. The highest BCUT2D eigenvalue weighted by atomic mass is 28.4. The van der Waals surface area contributed by atoms with Crippen LogP contribution in [0.1, 0.15) is 0 Å². The molecule has 5 unspecified atom stereocenters. The third-order valence-corrected chi connectivity index (χ3v) is 11.0. The summed E-state index contributed by atoms with van der Waals surface area (Å²) in [5.74, 6) is -1.11. The van der Waals surface area contributed by atoms with Gasteiger partial charge in [-0.15, -0.1) is 0 Å². The van der Waals surface area contributed by atoms with Crippen molar-refractivity contribution in [1.82, 2.24) is 0 Å². The van der Waals surface area contributed by atoms with Crippen LogP contribution in [-0.2, 0) is 31.3 Å². The first kappa shape index (κ1) is 37.0. The van der Waals surface area contributed by atoms with Crippen LogP contribution in [0.25, 0.3) is 0 Å². The van der Waals surface area contributed by atoms with E-state index in [9.17, 15) is 0 Å². The summed E-state index contributed by atoms with van der Waals surface area (Å²) in [6.45, 7) is 40.5. The maximum Gasteiger partial charge on any atom is 0.210 e. The van der Waals surface area contributed by atoms with E-state index in [0.717, 1.165) is 0 Å². The van der Waals surface area contributed by atoms with Crippen molar-refractivity contribution in [3.63, 3.8) is 0 Å². The van der Waals surface area contributed by atoms with Gasteiger partial charge in [-0.3, -0.25) is 0 Å². The third kappa shape index (κ3) is 14.3. The molecule has 0 radical (unpaired) electrons. The maximum atomic E-state index is 7.14. The average molecular weight is 643 g/mol. The van der Waals surface area contributed by atoms with Crippen molar-refractivity contribution < 1.29 is 31.3 Å². The van der Waals surface area contributed by atoms with Crippen molar-refractivity contribution in [2.24, 2.45) is 0 Å². The highest BCUT2D eigenvalue weighted by Crippen LogP contribution is 2.42. The Morgan fingerprint density at radius 2 is 0.921 bits per heavy atom. The Kier molecular flexibility index (Phi) is 12.4. The standard InChI is InChI=1S/C25H62O7Si6/c1-33(2,3)26-19-21-22(29-35(7,8)9)23(30-36(10,11)12)24(31-37(13,14)15)25(28-21,32-38(16,17)18)20-27-34(4,5)6/h21-24H,19-20H2,1-18H3. The molecule has 13 heteroatoms. The molecule has 228 valence electrons. The Labute approximate surface area is 241 Å². The van der Waals surface area contributed by atoms with Crippen LogP contribution in [0.3, 0.4) is 0 Å². The molecule has 1 heterocycles. The van der Waals surface area contributed by atoms with Crippen LogP contribution in [0.4, 0.5) is 0 Å². The molecule has 5 atom stereocenters. The van der Waals surface area contributed by atoms with E-state index in [4.69, 9.17) is 31.3 Å². The Hall–Kier alpha value is 1.02. The van der Waals surface area contributed by atoms with Gasteiger partial charge >= 0.3 is 0 Å². The lowest BCUT2D eigenvalue weighted by Gasteiger charge is -2.57. The molecule has 0 amide bonds. The van der Waals surface area contributed by atoms with Crippen molar-refractivity contribution in [2.75, 3.05) is 13.2 Å². The zero-order chi connectivity index (χ0) is 30.2. The fourth-order valence-corrected chi connectivity index (χ4v) is 9.98. The van der Waals surface area contributed by atoms with E-state index in [1.165, 1.54) is 0 Å². The van der Waals surface area contributed by atoms with Crippen LogP contribution in [0.2, 0.25) is 118 Å². The van der Waals surface area contributed by atoms with Gasteiger partial charge in [0.05, 0.1) is 13.2 Å². The summed E-state index contributed by atoms with van der Waals surface area (Å²) in [6.07, 6.45) is -1.52. The number of hydrogen-bond acceptors (Lipinski definition) is 7. The predicted octanol–water partition coefficient (Wildman–Crippen LogP) is 7.30. The minimum absolute atomic E-state index is 0.302. The molecule has 1 fully saturated rings. The van der Waals surface area contributed by atoms with Crippen molar-refractivity contribution in [3.05, 3.63) is 0 Å². The molecule has 0 spiro atoms. The molecule has 1 rings (SSSR count). The van der Waals surface area contributed by atoms with E-state index in [-0.39, 0.29) is 18.3 Å². The molecule has 7 nitrogen and oxygen atoms in total. The second-order valence-corrected chi connectivity index (χ2v) is 43.4. The first-order valence-electron chi connectivity index (χ1n) is 14.2. The lowest BCUT2D eigenvalue weighted by molar-refractivity contribution is -0.339. The van der Waals surface area contributed by atoms with Gasteiger partial charge in [0.25, 0.3) is 0 Å². The predicted molar refractivity (Wildman–Crippen MR) is 175 cm³/mol. The molecular weight excluding hydrogens is 581 g/mol. The van der Waals surface area contributed by atoms with Gasteiger partial charge in [-0.25, -0.2) is 0 Å². The molecule has 0 aliphatic carbocycles. The zero-order valence-corrected chi connectivity index (χ0v) is 34.1. The van der Waals surface area contributed by atoms with Gasteiger partial charge in [-0.05, 0) is 118 Å². The Balaban J connectivity index is 3.91. The van der Waals surface area contributed by atoms with Crippen LogP contribution in [0.15, 0.2) is 0 Å². The Bertz CT molecular complexity index is 744. The minimum atomic E-state index is -2.14. The molecule has 0 aromatic carbocycles. The van der Waals surface area contributed by atoms with Gasteiger partial charge in [-0.2, -0.15) is 0 Å². The summed E-state index contributed by atoms with van der Waals surface area (Å²) in [6, 6.07) is 0. The second kappa shape index (κ2) is 12.7. The molecule has 0 saturated carbocycles. The highest BCUT2D eigenvalue weighted by molar-refractivity contribution is 6.71. The summed E-state index contributed by atoms with van der Waals surface area (Å²) in [7, 11) is -12.0. The second-order valence-electron chi connectivity index (χ2n) is 16.5. The lowest BCUT2D eigenvalue weighted by Crippen LogP contribution is -2.74. The van der Waals surface area contributed by atoms with E-state index in [0.29, 0.717) is 13.2 Å². The Morgan fingerprint density at radius 1 is 0.500 bits per heavy atom. The van der Waals surface area contributed by atoms with Gasteiger partial charge in [0.1, 0.15) is 24.4 Å². The van der Waals surface area contributed by atoms with Crippen molar-refractivity contribution in [2.45, 2.75) is 148 Å². The van der Waals surface area contributed by atoms with Gasteiger partial charge in [0, 0.05) is 0 Å². The fraction of sp³-hybridized carbons (Fsp3) is 1.00. The van der Waals surface area contributed by atoms with Crippen molar-refractivity contribution in [1.29, 1.82) is 0 Å². The maximum absolute atomic E-state index is 7.14. The van der Waals surface area contributed by atoms with Gasteiger partial charge in [0.2, 0.25) is 5.79 Å². The number of rotatable bonds is 14. The van der Waals surface area contributed by atoms with Crippen LogP contribution >= 0.6 is 0 Å². The minimum Gasteiger partial charge on any atom is -0.415 e. The summed E-state index contributed by atoms with van der Waals surface area (Å²) in [5, 5.41) is 0. The molecule has 0 N–H and O–H groups in total. The summed E-state index contributed by atoms with van der Waals surface area (Å²) < 4.78 is 48.4. The molecular formula is C25H62O7Si6. The number of ether oxygens (including phenoxy) is 1. The number of hydrogen-bond donors (Lipinski definition) is 0. The molecule has 1 saturated heterocycles. The van der Waals surface area contributed by atoms with E-state index < -0.39 is 61.8 Å². The van der Waals surface area contributed by atoms with Crippen LogP contribution in [0.5, 0.6) is 0 Å². The topological polar surface area (TPSA) is 64.6 Å². The van der Waals surface area contributed by atoms with Crippen molar-refractivity contribution >= 4 is 49.9 Å². The normalized spacial score (nSPS) is 28.6. The first-order chi connectivity index (χ1) is 16.5. The first-order valence-corrected chi connectivity index (χ1v) is 34.7. The summed E-state index contributed by atoms with van der Waals surface area (Å²) in [5.41, 5.74) is 0. The molecule has 38 heavy (non-hydrogen) atoms. The van der Waals surface area contributed by atoms with E-state index >= 15 is 0 Å². The van der Waals surface area contributed by atoms with Crippen LogP contribution < -0.4 is 0 Å². The quantitative estimate of drug-likeness (QED) is 0.184. The van der Waals surface area contributed by atoms with Crippen LogP contribution in [-0.4, -0.2) is 93.3 Å². The zero-order valence-electron chi connectivity index (χ0n) is 28.1. The molecule has 0 aromatic rings. The van der Waals surface area contributed by atoms with Crippen molar-refractivity contribution in [3.8, 4) is 0 Å². The smallest absolute Gasteiger partial charge is 0.210 e. The van der Waals surface area contributed by atoms with Gasteiger partial charge in [0.15, 0.2) is 49.9 Å². The summed E-state index contributed by atoms with van der Waals surface area (Å²) >= 11 is 0. The van der Waals surface area contributed by atoms with Crippen LogP contribution in [0, 0.1) is 0 Å². The van der Waals surface area contributed by atoms with Gasteiger partial charge < -0.3 is 31.3 Å². The third-order valence-electron chi connectivity index (χ3n) is 5.10. The SMILES string of the molecule is C[Si](C)(C)OCC1OC(CO[Si](C)(C)C)(O[Si](C)(C)C)C(O[Si](C)(C)C)C(O[Si](C)(C)C)C1O[Si](C)(C)C. The molecule has 1 aliphatic rings. The van der Waals surface area contributed by atoms with E-state index in [2.05, 4.69) is 118 Å². The lowest BCUT2D eigenvalue weighted by atomic mass is 9.93. The monoisotopic (exact) mass is 642 g/mol. The fourth-order valence-electron chi connectivity index (χ4n) is 4.17. The van der Waals surface area contributed by atoms with E-state index in [1.54, 1.807) is 0 Å². The molecule has 0 aromatic heterocycles. The molecule has 0 bridgehead atoms. The average Bonchev–Trinajstić information content (AvgIpc) is 2.58. The largest absolute Gasteiger partial charge is 0.415 e.